The van der Waals surface area contributed by atoms with Gasteiger partial charge in [-0.1, -0.05) is 0 Å². The Kier molecular flexibility index (Phi) is 1.83. The van der Waals surface area contributed by atoms with Crippen molar-refractivity contribution < 1.29 is 10.0 Å². The summed E-state index contributed by atoms with van der Waals surface area (Å²) < 4.78 is 1.83. The third kappa shape index (κ3) is 1.22. The Morgan fingerprint density at radius 1 is 1.38 bits per heavy atom. The average molecular weight is 176 g/mol. The number of fused-ring (bicyclic) bond motifs is 1. The van der Waals surface area contributed by atoms with Crippen LogP contribution >= 0.6 is 0 Å². The van der Waals surface area contributed by atoms with E-state index in [2.05, 4.69) is 4.98 Å². The SMILES string of the molecule is Cn1ccc2c(B(O)O)ccnc21. The van der Waals surface area contributed by atoms with Crippen molar-refractivity contribution >= 4 is 23.6 Å². The van der Waals surface area contributed by atoms with Crippen molar-refractivity contribution in [2.75, 3.05) is 0 Å². The van der Waals surface area contributed by atoms with E-state index in [-0.39, 0.29) is 0 Å². The summed E-state index contributed by atoms with van der Waals surface area (Å²) in [5.41, 5.74) is 1.25. The predicted molar refractivity (Wildman–Crippen MR) is 50.5 cm³/mol. The third-order valence-corrected chi connectivity index (χ3v) is 2.08. The fourth-order valence-corrected chi connectivity index (χ4v) is 1.41. The molecular formula is C8H9BN2O2. The van der Waals surface area contributed by atoms with Crippen LogP contribution in [0, 0.1) is 0 Å². The Bertz CT molecular complexity index is 439. The molecule has 4 nitrogen and oxygen atoms in total. The van der Waals surface area contributed by atoms with E-state index in [1.165, 1.54) is 0 Å². The number of pyridine rings is 1. The van der Waals surface area contributed by atoms with Crippen LogP contribution in [0.15, 0.2) is 24.5 Å². The quantitative estimate of drug-likeness (QED) is 0.562. The summed E-state index contributed by atoms with van der Waals surface area (Å²) in [5.74, 6) is 0. The van der Waals surface area contributed by atoms with E-state index in [1.54, 1.807) is 12.3 Å². The highest BCUT2D eigenvalue weighted by Crippen LogP contribution is 2.08. The zero-order valence-corrected chi connectivity index (χ0v) is 7.18. The van der Waals surface area contributed by atoms with Gasteiger partial charge in [-0.2, -0.15) is 0 Å². The number of hydrogen-bond acceptors (Lipinski definition) is 3. The lowest BCUT2D eigenvalue weighted by Crippen LogP contribution is -2.30. The molecule has 2 aromatic heterocycles. The molecule has 0 atom stereocenters. The van der Waals surface area contributed by atoms with Gasteiger partial charge in [0.25, 0.3) is 0 Å². The molecule has 2 N–H and O–H groups in total. The van der Waals surface area contributed by atoms with Crippen LogP contribution in [0.2, 0.25) is 0 Å². The minimum absolute atomic E-state index is 0.491. The van der Waals surface area contributed by atoms with Crippen molar-refractivity contribution in [2.24, 2.45) is 7.05 Å². The van der Waals surface area contributed by atoms with Gasteiger partial charge in [-0.15, -0.1) is 0 Å². The second kappa shape index (κ2) is 2.87. The van der Waals surface area contributed by atoms with Crippen LogP contribution in [0.5, 0.6) is 0 Å². The number of rotatable bonds is 1. The van der Waals surface area contributed by atoms with E-state index in [1.807, 2.05) is 23.9 Å². The second-order valence-electron chi connectivity index (χ2n) is 2.94. The normalized spacial score (nSPS) is 10.7. The molecule has 2 rings (SSSR count). The molecule has 0 fully saturated rings. The highest BCUT2D eigenvalue weighted by Gasteiger charge is 2.15. The Morgan fingerprint density at radius 2 is 2.15 bits per heavy atom. The molecule has 0 spiro atoms. The summed E-state index contributed by atoms with van der Waals surface area (Å²) in [6, 6.07) is 3.42. The first-order valence-corrected chi connectivity index (χ1v) is 3.96. The van der Waals surface area contributed by atoms with Crippen molar-refractivity contribution in [3.8, 4) is 0 Å². The maximum Gasteiger partial charge on any atom is 0.489 e. The minimum Gasteiger partial charge on any atom is -0.423 e. The first kappa shape index (κ1) is 8.28. The van der Waals surface area contributed by atoms with Gasteiger partial charge in [-0.05, 0) is 17.6 Å². The van der Waals surface area contributed by atoms with Crippen LogP contribution in [0.4, 0.5) is 0 Å². The van der Waals surface area contributed by atoms with Gasteiger partial charge < -0.3 is 14.6 Å². The van der Waals surface area contributed by atoms with Gasteiger partial charge in [0, 0.05) is 24.8 Å². The van der Waals surface area contributed by atoms with Crippen LogP contribution in [-0.2, 0) is 7.05 Å². The molecule has 5 heteroatoms. The number of aromatic nitrogens is 2. The van der Waals surface area contributed by atoms with E-state index in [9.17, 15) is 0 Å². The average Bonchev–Trinajstić information content (AvgIpc) is 2.48. The van der Waals surface area contributed by atoms with Crippen LogP contribution in [0.25, 0.3) is 11.0 Å². The predicted octanol–water partition coefficient (Wildman–Crippen LogP) is -0.747. The van der Waals surface area contributed by atoms with E-state index in [0.717, 1.165) is 11.0 Å². The summed E-state index contributed by atoms with van der Waals surface area (Å²) in [7, 11) is 0.427. The Hall–Kier alpha value is -1.33. The molecule has 0 saturated carbocycles. The largest absolute Gasteiger partial charge is 0.489 e. The van der Waals surface area contributed by atoms with Crippen molar-refractivity contribution in [1.29, 1.82) is 0 Å². The van der Waals surface area contributed by atoms with E-state index >= 15 is 0 Å². The van der Waals surface area contributed by atoms with E-state index in [4.69, 9.17) is 10.0 Å². The molecule has 0 aromatic carbocycles. The molecule has 0 radical (unpaired) electrons. The molecule has 0 saturated heterocycles. The van der Waals surface area contributed by atoms with E-state index in [0.29, 0.717) is 5.46 Å². The second-order valence-corrected chi connectivity index (χ2v) is 2.94. The van der Waals surface area contributed by atoms with Gasteiger partial charge in [0.1, 0.15) is 5.65 Å². The number of aryl methyl sites for hydroxylation is 1. The van der Waals surface area contributed by atoms with Gasteiger partial charge >= 0.3 is 7.12 Å². The lowest BCUT2D eigenvalue weighted by molar-refractivity contribution is 0.426. The van der Waals surface area contributed by atoms with Crippen molar-refractivity contribution in [1.82, 2.24) is 9.55 Å². The van der Waals surface area contributed by atoms with Gasteiger partial charge in [-0.25, -0.2) is 4.98 Å². The number of hydrogen-bond donors (Lipinski definition) is 2. The maximum atomic E-state index is 9.05. The van der Waals surface area contributed by atoms with Gasteiger partial charge in [0.2, 0.25) is 0 Å². The molecule has 2 heterocycles. The minimum atomic E-state index is -1.44. The lowest BCUT2D eigenvalue weighted by atomic mass is 9.79. The van der Waals surface area contributed by atoms with Crippen LogP contribution in [-0.4, -0.2) is 26.7 Å². The Morgan fingerprint density at radius 3 is 2.85 bits per heavy atom. The Labute approximate surface area is 75.6 Å². The molecule has 0 unspecified atom stereocenters. The fourth-order valence-electron chi connectivity index (χ4n) is 1.41. The first-order chi connectivity index (χ1) is 6.20. The van der Waals surface area contributed by atoms with Gasteiger partial charge in [0.15, 0.2) is 0 Å². The van der Waals surface area contributed by atoms with Crippen molar-refractivity contribution in [2.45, 2.75) is 0 Å². The summed E-state index contributed by atoms with van der Waals surface area (Å²) in [6.45, 7) is 0. The van der Waals surface area contributed by atoms with Crippen LogP contribution < -0.4 is 5.46 Å². The maximum absolute atomic E-state index is 9.05. The third-order valence-electron chi connectivity index (χ3n) is 2.08. The molecule has 0 aliphatic carbocycles. The fraction of sp³-hybridized carbons (Fsp3) is 0.125. The smallest absolute Gasteiger partial charge is 0.423 e. The van der Waals surface area contributed by atoms with Crippen molar-refractivity contribution in [3.05, 3.63) is 24.5 Å². The van der Waals surface area contributed by atoms with Crippen LogP contribution in [0.1, 0.15) is 0 Å². The molecular weight excluding hydrogens is 167 g/mol. The zero-order chi connectivity index (χ0) is 9.42. The zero-order valence-electron chi connectivity index (χ0n) is 7.18. The van der Waals surface area contributed by atoms with E-state index < -0.39 is 7.12 Å². The summed E-state index contributed by atoms with van der Waals surface area (Å²) in [4.78, 5) is 4.12. The molecule has 13 heavy (non-hydrogen) atoms. The first-order valence-electron chi connectivity index (χ1n) is 3.96. The topological polar surface area (TPSA) is 58.3 Å². The molecule has 0 aliphatic heterocycles. The molecule has 66 valence electrons. The summed E-state index contributed by atoms with van der Waals surface area (Å²) in [6.07, 6.45) is 3.40. The van der Waals surface area contributed by atoms with Crippen LogP contribution in [0.3, 0.4) is 0 Å². The van der Waals surface area contributed by atoms with Gasteiger partial charge in [-0.3, -0.25) is 0 Å². The Balaban J connectivity index is 2.77. The summed E-state index contributed by atoms with van der Waals surface area (Å²) >= 11 is 0. The standard InChI is InChI=1S/C8H9BN2O2/c1-11-5-3-6-7(9(12)13)2-4-10-8(6)11/h2-5,12-13H,1H3. The molecule has 0 bridgehead atoms. The summed E-state index contributed by atoms with van der Waals surface area (Å²) in [5, 5.41) is 18.9. The molecule has 2 aromatic rings. The van der Waals surface area contributed by atoms with Crippen molar-refractivity contribution in [3.63, 3.8) is 0 Å². The molecule has 0 aliphatic rings. The molecule has 0 amide bonds. The monoisotopic (exact) mass is 176 g/mol. The lowest BCUT2D eigenvalue weighted by Gasteiger charge is -2.00. The number of nitrogens with zero attached hydrogens (tertiary/aromatic N) is 2. The highest BCUT2D eigenvalue weighted by molar-refractivity contribution is 6.61. The van der Waals surface area contributed by atoms with Gasteiger partial charge in [0.05, 0.1) is 0 Å². The highest BCUT2D eigenvalue weighted by atomic mass is 16.4.